The Morgan fingerprint density at radius 1 is 1.06 bits per heavy atom. The molecule has 5 rings (SSSR count). The first-order valence-corrected chi connectivity index (χ1v) is 11.4. The predicted molar refractivity (Wildman–Crippen MR) is 125 cm³/mol. The van der Waals surface area contributed by atoms with Crippen molar-refractivity contribution in [3.63, 3.8) is 0 Å². The number of H-pyrrole nitrogens is 1. The molecule has 1 atom stereocenters. The third kappa shape index (κ3) is 3.99. The van der Waals surface area contributed by atoms with E-state index >= 15 is 0 Å². The molecule has 0 saturated carbocycles. The number of piperidine rings is 1. The van der Waals surface area contributed by atoms with Crippen LogP contribution in [0.1, 0.15) is 36.4 Å². The van der Waals surface area contributed by atoms with Crippen LogP contribution in [0.25, 0.3) is 10.8 Å². The molecule has 3 heterocycles. The van der Waals surface area contributed by atoms with Crippen molar-refractivity contribution >= 4 is 28.1 Å². The first kappa shape index (κ1) is 21.0. The zero-order valence-corrected chi connectivity index (χ0v) is 18.4. The summed E-state index contributed by atoms with van der Waals surface area (Å²) in [6, 6.07) is 14.5. The molecular weight excluding hydrogens is 427 g/mol. The van der Waals surface area contributed by atoms with Gasteiger partial charge in [0.25, 0.3) is 5.56 Å². The molecule has 2 aliphatic heterocycles. The molecule has 1 N–H and O–H groups in total. The number of nitrogens with zero attached hydrogens (tertiary/aromatic N) is 3. The van der Waals surface area contributed by atoms with Gasteiger partial charge in [0.2, 0.25) is 0 Å². The number of pyridine rings is 1. The number of fused-ring (bicyclic) bond motifs is 1. The maximum Gasteiger partial charge on any atom is 0.256 e. The number of benzene rings is 2. The predicted octanol–water partition coefficient (Wildman–Crippen LogP) is 4.65. The minimum absolute atomic E-state index is 0.219. The molecule has 1 aromatic heterocycles. The number of rotatable bonds is 3. The number of aromatic nitrogens is 1. The van der Waals surface area contributed by atoms with E-state index in [-0.39, 0.29) is 11.5 Å². The standard InChI is InChI=1S/C25H24ClFN4O/c26-22-11-16(14-28)1-4-24(22)30-9-6-20(7-10-30)31-8-5-18(15-31)23-12-17-2-3-19(27)13-21(17)25(32)29-23/h1-4,11-13,18,20H,5-10,15H2,(H,29,32). The lowest BCUT2D eigenvalue weighted by molar-refractivity contribution is 0.205. The molecule has 5 nitrogen and oxygen atoms in total. The lowest BCUT2D eigenvalue weighted by Gasteiger charge is -2.38. The summed E-state index contributed by atoms with van der Waals surface area (Å²) >= 11 is 6.40. The van der Waals surface area contributed by atoms with Crippen molar-refractivity contribution in [3.05, 3.63) is 74.9 Å². The number of nitriles is 1. The van der Waals surface area contributed by atoms with Gasteiger partial charge in [-0.2, -0.15) is 5.26 Å². The van der Waals surface area contributed by atoms with Crippen molar-refractivity contribution in [1.29, 1.82) is 5.26 Å². The Balaban J connectivity index is 1.24. The third-order valence-corrected chi connectivity index (χ3v) is 7.19. The van der Waals surface area contributed by atoms with Crippen molar-refractivity contribution in [2.75, 3.05) is 31.1 Å². The molecule has 1 unspecified atom stereocenters. The molecule has 0 amide bonds. The van der Waals surface area contributed by atoms with Gasteiger partial charge in [0.05, 0.1) is 22.3 Å². The maximum absolute atomic E-state index is 13.5. The summed E-state index contributed by atoms with van der Waals surface area (Å²) in [5.74, 6) is -0.111. The van der Waals surface area contributed by atoms with Gasteiger partial charge in [-0.25, -0.2) is 4.39 Å². The summed E-state index contributed by atoms with van der Waals surface area (Å²) in [6.07, 6.45) is 3.11. The molecular formula is C25H24ClFN4O. The van der Waals surface area contributed by atoms with Gasteiger partial charge in [-0.05, 0) is 67.6 Å². The highest BCUT2D eigenvalue weighted by atomic mass is 35.5. The zero-order chi connectivity index (χ0) is 22.2. The number of nitrogens with one attached hydrogen (secondary N) is 1. The molecule has 2 fully saturated rings. The van der Waals surface area contributed by atoms with Crippen LogP contribution in [0, 0.1) is 17.1 Å². The van der Waals surface area contributed by atoms with Crippen molar-refractivity contribution < 1.29 is 4.39 Å². The highest BCUT2D eigenvalue weighted by Gasteiger charge is 2.32. The van der Waals surface area contributed by atoms with Gasteiger partial charge in [-0.1, -0.05) is 17.7 Å². The zero-order valence-electron chi connectivity index (χ0n) is 17.7. The van der Waals surface area contributed by atoms with E-state index in [1.165, 1.54) is 12.1 Å². The van der Waals surface area contributed by atoms with Crippen molar-refractivity contribution in [2.45, 2.75) is 31.2 Å². The summed E-state index contributed by atoms with van der Waals surface area (Å²) < 4.78 is 13.5. The molecule has 7 heteroatoms. The molecule has 2 aliphatic rings. The lowest BCUT2D eigenvalue weighted by Crippen LogP contribution is -2.44. The SMILES string of the molecule is N#Cc1ccc(N2CCC(N3CCC(c4cc5ccc(F)cc5c(=O)[nH]4)C3)CC2)c(Cl)c1. The Hall–Kier alpha value is -2.88. The van der Waals surface area contributed by atoms with E-state index in [0.29, 0.717) is 22.0 Å². The first-order chi connectivity index (χ1) is 15.5. The average molecular weight is 451 g/mol. The second-order valence-electron chi connectivity index (χ2n) is 8.76. The average Bonchev–Trinajstić information content (AvgIpc) is 3.30. The summed E-state index contributed by atoms with van der Waals surface area (Å²) in [7, 11) is 0. The monoisotopic (exact) mass is 450 g/mol. The summed E-state index contributed by atoms with van der Waals surface area (Å²) in [4.78, 5) is 20.3. The molecule has 32 heavy (non-hydrogen) atoms. The second kappa shape index (κ2) is 8.57. The van der Waals surface area contributed by atoms with Crippen LogP contribution in [-0.4, -0.2) is 42.1 Å². The Labute approximate surface area is 191 Å². The van der Waals surface area contributed by atoms with Gasteiger partial charge < -0.3 is 9.88 Å². The normalized spacial score (nSPS) is 20.0. The van der Waals surface area contributed by atoms with Gasteiger partial charge in [0.15, 0.2) is 0 Å². The fourth-order valence-electron chi connectivity index (χ4n) is 5.15. The van der Waals surface area contributed by atoms with Crippen molar-refractivity contribution in [2.24, 2.45) is 0 Å². The second-order valence-corrected chi connectivity index (χ2v) is 9.17. The first-order valence-electron chi connectivity index (χ1n) is 11.0. The highest BCUT2D eigenvalue weighted by Crippen LogP contribution is 2.33. The largest absolute Gasteiger partial charge is 0.370 e. The van der Waals surface area contributed by atoms with Crippen LogP contribution < -0.4 is 10.5 Å². The number of halogens is 2. The van der Waals surface area contributed by atoms with Crippen molar-refractivity contribution in [1.82, 2.24) is 9.88 Å². The topological polar surface area (TPSA) is 63.1 Å². The van der Waals surface area contributed by atoms with E-state index in [2.05, 4.69) is 20.9 Å². The minimum atomic E-state index is -0.392. The number of anilines is 1. The van der Waals surface area contributed by atoms with Crippen molar-refractivity contribution in [3.8, 4) is 6.07 Å². The number of hydrogen-bond donors (Lipinski definition) is 1. The van der Waals surface area contributed by atoms with Crippen LogP contribution in [-0.2, 0) is 0 Å². The molecule has 3 aromatic rings. The van der Waals surface area contributed by atoms with Crippen LogP contribution in [0.5, 0.6) is 0 Å². The summed E-state index contributed by atoms with van der Waals surface area (Å²) in [5.41, 5.74) is 2.30. The molecule has 2 aromatic carbocycles. The van der Waals surface area contributed by atoms with E-state index in [4.69, 9.17) is 16.9 Å². The van der Waals surface area contributed by atoms with Crippen LogP contribution in [0.2, 0.25) is 5.02 Å². The van der Waals surface area contributed by atoms with Crippen LogP contribution >= 0.6 is 11.6 Å². The van der Waals surface area contributed by atoms with E-state index in [0.717, 1.165) is 62.2 Å². The molecule has 0 spiro atoms. The molecule has 164 valence electrons. The Bertz CT molecular complexity index is 1260. The maximum atomic E-state index is 13.5. The van der Waals surface area contributed by atoms with Crippen LogP contribution in [0.4, 0.5) is 10.1 Å². The minimum Gasteiger partial charge on any atom is -0.370 e. The molecule has 0 aliphatic carbocycles. The fourth-order valence-corrected chi connectivity index (χ4v) is 5.45. The summed E-state index contributed by atoms with van der Waals surface area (Å²) in [5, 5.41) is 10.9. The number of likely N-dealkylation sites (tertiary alicyclic amines) is 1. The van der Waals surface area contributed by atoms with Crippen LogP contribution in [0.15, 0.2) is 47.3 Å². The van der Waals surface area contributed by atoms with Gasteiger partial charge in [-0.3, -0.25) is 9.69 Å². The van der Waals surface area contributed by atoms with Gasteiger partial charge in [0.1, 0.15) is 5.82 Å². The van der Waals surface area contributed by atoms with E-state index < -0.39 is 5.82 Å². The van der Waals surface area contributed by atoms with E-state index in [1.54, 1.807) is 12.1 Å². The quantitative estimate of drug-likeness (QED) is 0.630. The van der Waals surface area contributed by atoms with Gasteiger partial charge >= 0.3 is 0 Å². The Morgan fingerprint density at radius 2 is 1.88 bits per heavy atom. The van der Waals surface area contributed by atoms with Gasteiger partial charge in [0, 0.05) is 42.7 Å². The number of hydrogen-bond acceptors (Lipinski definition) is 4. The van der Waals surface area contributed by atoms with Gasteiger partial charge in [-0.15, -0.1) is 0 Å². The smallest absolute Gasteiger partial charge is 0.256 e. The Kier molecular flexibility index (Phi) is 5.62. The van der Waals surface area contributed by atoms with Crippen LogP contribution in [0.3, 0.4) is 0 Å². The van der Waals surface area contributed by atoms with E-state index in [1.807, 2.05) is 18.2 Å². The fraction of sp³-hybridized carbons (Fsp3) is 0.360. The summed E-state index contributed by atoms with van der Waals surface area (Å²) in [6.45, 7) is 3.78. The lowest BCUT2D eigenvalue weighted by atomic mass is 10.0. The molecule has 2 saturated heterocycles. The molecule has 0 radical (unpaired) electrons. The highest BCUT2D eigenvalue weighted by molar-refractivity contribution is 6.33. The third-order valence-electron chi connectivity index (χ3n) is 6.89. The number of aromatic amines is 1. The van der Waals surface area contributed by atoms with E-state index in [9.17, 15) is 9.18 Å². The Morgan fingerprint density at radius 3 is 2.62 bits per heavy atom. The molecule has 0 bridgehead atoms.